The Labute approximate surface area is 548 Å². The van der Waals surface area contributed by atoms with Gasteiger partial charge in [0.2, 0.25) is 0 Å². The summed E-state index contributed by atoms with van der Waals surface area (Å²) in [5, 5.41) is 118. The molecule has 0 atom stereocenters. The highest BCUT2D eigenvalue weighted by atomic mass is 16.5. The van der Waals surface area contributed by atoms with E-state index >= 15 is 0 Å². The van der Waals surface area contributed by atoms with E-state index in [0.717, 1.165) is 110 Å². The average Bonchev–Trinajstić information content (AvgIpc) is 1.69. The van der Waals surface area contributed by atoms with Gasteiger partial charge >= 0.3 is 0 Å². The Morgan fingerprint density at radius 1 is 0.295 bits per heavy atom. The lowest BCUT2D eigenvalue weighted by Crippen LogP contribution is -1.82. The van der Waals surface area contributed by atoms with Crippen LogP contribution in [0.4, 0.5) is 0 Å². The molecule has 0 saturated carbocycles. The van der Waals surface area contributed by atoms with Crippen LogP contribution in [-0.4, -0.2) is 108 Å². The summed E-state index contributed by atoms with van der Waals surface area (Å²) < 4.78 is 4.96. The zero-order valence-electron chi connectivity index (χ0n) is 49.2. The second-order valence-corrected chi connectivity index (χ2v) is 20.7. The van der Waals surface area contributed by atoms with Gasteiger partial charge in [0.1, 0.15) is 17.2 Å². The second kappa shape index (κ2) is 33.0. The summed E-state index contributed by atoms with van der Waals surface area (Å²) in [4.78, 5) is 24.1. The quantitative estimate of drug-likeness (QED) is 0.0680. The molecule has 21 nitrogen and oxygen atoms in total. The number of hydrogen-bond acceptors (Lipinski definition) is 13. The predicted octanol–water partition coefficient (Wildman–Crippen LogP) is 18.2. The Morgan fingerprint density at radius 2 is 0.747 bits per heavy atom. The van der Waals surface area contributed by atoms with Gasteiger partial charge in [-0.05, 0) is 153 Å². The van der Waals surface area contributed by atoms with Gasteiger partial charge in [0.25, 0.3) is 0 Å². The Hall–Kier alpha value is -12.5. The summed E-state index contributed by atoms with van der Waals surface area (Å²) in [6.07, 6.45) is 10.9. The number of benzene rings is 8. The molecule has 16 aromatic rings. The van der Waals surface area contributed by atoms with Crippen LogP contribution in [0.2, 0.25) is 0 Å². The number of phenols is 12. The van der Waals surface area contributed by atoms with Gasteiger partial charge in [-0.1, -0.05) is 43.2 Å². The SMILES string of the molecule is C.C.C.C.C.COc1cc2cc[nH]c2cc1O.Cc1[nH]c2cc(O)c(O)cc2c1C.Cc1c[nH]c2cc(O)c(O)cc12.Cc1cc2cc(O)c(O)cc2[nH]1.Oc1cc2cc[nH]c2cc1O.Oc1ccc2[nH]ccc2c1.Oc1ccc2cc[nH]c2c1.Oc1cccc2[nH]ccc12. The van der Waals surface area contributed by atoms with Crippen LogP contribution in [0.1, 0.15) is 59.6 Å². The minimum absolute atomic E-state index is 0. The lowest BCUT2D eigenvalue weighted by atomic mass is 10.1. The van der Waals surface area contributed by atoms with E-state index in [-0.39, 0.29) is 88.9 Å². The molecule has 20 N–H and O–H groups in total. The van der Waals surface area contributed by atoms with E-state index in [4.69, 9.17) is 40.5 Å². The largest absolute Gasteiger partial charge is 0.508 e. The Morgan fingerprint density at radius 3 is 1.36 bits per heavy atom. The van der Waals surface area contributed by atoms with Crippen LogP contribution in [0.3, 0.4) is 0 Å². The van der Waals surface area contributed by atoms with Gasteiger partial charge in [-0.3, -0.25) is 0 Å². The molecule has 0 aliphatic rings. The molecule has 500 valence electrons. The van der Waals surface area contributed by atoms with Gasteiger partial charge < -0.3 is 106 Å². The molecule has 8 heterocycles. The molecular weight excluding hydrogens is 1210 g/mol. The van der Waals surface area contributed by atoms with Crippen LogP contribution in [0, 0.1) is 27.7 Å². The number of aryl methyl sites for hydroxylation is 4. The maximum absolute atomic E-state index is 9.38. The molecule has 0 amide bonds. The second-order valence-electron chi connectivity index (χ2n) is 20.7. The molecule has 0 unspecified atom stereocenters. The van der Waals surface area contributed by atoms with E-state index in [2.05, 4.69) is 39.9 Å². The van der Waals surface area contributed by atoms with Crippen molar-refractivity contribution in [1.82, 2.24) is 39.9 Å². The van der Waals surface area contributed by atoms with E-state index in [0.29, 0.717) is 23.0 Å². The molecule has 0 aliphatic carbocycles. The maximum atomic E-state index is 9.38. The van der Waals surface area contributed by atoms with Gasteiger partial charge in [-0.25, -0.2) is 0 Å². The van der Waals surface area contributed by atoms with Crippen molar-refractivity contribution in [2.45, 2.75) is 64.8 Å². The van der Waals surface area contributed by atoms with Crippen LogP contribution < -0.4 is 4.74 Å². The normalized spacial score (nSPS) is 10.0. The average molecular weight is 1300 g/mol. The first-order chi connectivity index (χ1) is 43.1. The zero-order chi connectivity index (χ0) is 64.3. The summed E-state index contributed by atoms with van der Waals surface area (Å²) in [6, 6.07) is 43.0. The topological polar surface area (TPSA) is 378 Å². The lowest BCUT2D eigenvalue weighted by Gasteiger charge is -2.02. The molecule has 0 bridgehead atoms. The predicted molar refractivity (Wildman–Crippen MR) is 386 cm³/mol. The first-order valence-corrected chi connectivity index (χ1v) is 27.7. The molecular formula is C74H86N8O13. The fourth-order valence-electron chi connectivity index (χ4n) is 9.53. The molecule has 0 spiro atoms. The number of methoxy groups -OCH3 is 1. The fourth-order valence-corrected chi connectivity index (χ4v) is 9.53. The van der Waals surface area contributed by atoms with Crippen molar-refractivity contribution in [2.24, 2.45) is 0 Å². The standard InChI is InChI=1S/C10H11NO2.3C9H9NO2.C8H7NO2.3C8H7NO.5CH4/c1-5-6(2)11-8-4-10(13)9(12)3-7(5)8;1-5-4-10-7-3-9(12)8(11)2-6(5)7;1-5-2-6-3-8(11)9(12)4-7(6)10-5;1-12-9-4-6-2-3-10-7(6)5-8(9)11;10-7-3-5-1-2-9-6(5)4-8(7)11;10-7-1-2-8-6(5-7)3-4-9-8;10-7-2-1-6-3-4-9-8(6)5-7;10-8-3-1-2-7-6(8)4-5-9-7;;;;;/h3-4,11-13H,1-2H3;2*2-4,10-12H,1H3;2-5,10-11H,1H3;1-4,9-11H;3*1-5,9-10H;5*1H4. The fraction of sp³-hybridized carbons (Fsp3) is 0.135. The van der Waals surface area contributed by atoms with E-state index in [1.54, 1.807) is 60.8 Å². The number of H-pyrrole nitrogens is 8. The number of aromatic amines is 8. The highest BCUT2D eigenvalue weighted by Gasteiger charge is 2.10. The minimum Gasteiger partial charge on any atom is -0.508 e. The minimum atomic E-state index is -0.0973. The molecule has 21 heteroatoms. The molecule has 0 fully saturated rings. The summed E-state index contributed by atoms with van der Waals surface area (Å²) in [7, 11) is 1.54. The van der Waals surface area contributed by atoms with Crippen molar-refractivity contribution in [3.63, 3.8) is 0 Å². The summed E-state index contributed by atoms with van der Waals surface area (Å²) >= 11 is 0. The summed E-state index contributed by atoms with van der Waals surface area (Å²) in [5.74, 6) is 0.913. The zero-order valence-corrected chi connectivity index (χ0v) is 49.2. The lowest BCUT2D eigenvalue weighted by molar-refractivity contribution is 0.374. The van der Waals surface area contributed by atoms with Crippen molar-refractivity contribution < 1.29 is 66.0 Å². The molecule has 16 rings (SSSR count). The maximum Gasteiger partial charge on any atom is 0.161 e. The van der Waals surface area contributed by atoms with Crippen LogP contribution in [0.25, 0.3) is 87.2 Å². The number of rotatable bonds is 1. The Balaban J connectivity index is 0.000000230. The first-order valence-electron chi connectivity index (χ1n) is 27.7. The summed E-state index contributed by atoms with van der Waals surface area (Å²) in [6.45, 7) is 7.80. The van der Waals surface area contributed by atoms with Crippen LogP contribution >= 0.6 is 0 Å². The van der Waals surface area contributed by atoms with E-state index in [1.807, 2.05) is 119 Å². The Kier molecular flexibility index (Phi) is 26.0. The number of nitrogens with one attached hydrogen (secondary N) is 8. The van der Waals surface area contributed by atoms with Crippen molar-refractivity contribution in [2.75, 3.05) is 7.11 Å². The van der Waals surface area contributed by atoms with Gasteiger partial charge in [0, 0.05) is 167 Å². The highest BCUT2D eigenvalue weighted by Crippen LogP contribution is 2.35. The molecule has 95 heavy (non-hydrogen) atoms. The highest BCUT2D eigenvalue weighted by molar-refractivity contribution is 5.89. The van der Waals surface area contributed by atoms with Crippen LogP contribution in [-0.2, 0) is 0 Å². The monoisotopic (exact) mass is 1290 g/mol. The number of phenolic OH excluding ortho intramolecular Hbond substituents is 12. The number of ether oxygens (including phenoxy) is 1. The first kappa shape index (κ1) is 74.9. The van der Waals surface area contributed by atoms with Crippen molar-refractivity contribution in [3.8, 4) is 74.7 Å². The van der Waals surface area contributed by atoms with E-state index in [1.165, 1.54) is 43.5 Å². The molecule has 8 aromatic carbocycles. The van der Waals surface area contributed by atoms with Gasteiger partial charge in [-0.2, -0.15) is 0 Å². The number of aromatic hydroxyl groups is 12. The number of fused-ring (bicyclic) bond motifs is 8. The van der Waals surface area contributed by atoms with Crippen molar-refractivity contribution in [3.05, 3.63) is 211 Å². The third-order valence-electron chi connectivity index (χ3n) is 14.4. The van der Waals surface area contributed by atoms with Gasteiger partial charge in [-0.15, -0.1) is 0 Å². The van der Waals surface area contributed by atoms with Gasteiger partial charge in [0.15, 0.2) is 57.5 Å². The third kappa shape index (κ3) is 18.1. The van der Waals surface area contributed by atoms with Crippen molar-refractivity contribution in [1.29, 1.82) is 0 Å². The smallest absolute Gasteiger partial charge is 0.161 e. The molecule has 0 aliphatic heterocycles. The third-order valence-corrected chi connectivity index (χ3v) is 14.4. The Bertz CT molecular complexity index is 4920. The van der Waals surface area contributed by atoms with Crippen LogP contribution in [0.15, 0.2) is 189 Å². The molecule has 8 aromatic heterocycles. The van der Waals surface area contributed by atoms with Crippen molar-refractivity contribution >= 4 is 87.2 Å². The van der Waals surface area contributed by atoms with E-state index < -0.39 is 0 Å². The molecule has 0 radical (unpaired) electrons. The summed E-state index contributed by atoms with van der Waals surface area (Å²) in [5.41, 5.74) is 11.5. The van der Waals surface area contributed by atoms with Gasteiger partial charge in [0.05, 0.1) is 7.11 Å². The van der Waals surface area contributed by atoms with Crippen LogP contribution in [0.5, 0.6) is 74.7 Å². The van der Waals surface area contributed by atoms with E-state index in [9.17, 15) is 25.5 Å². The number of aromatic nitrogens is 8. The molecule has 0 saturated heterocycles. The number of hydrogen-bond donors (Lipinski definition) is 20.